The van der Waals surface area contributed by atoms with Crippen LogP contribution in [0.3, 0.4) is 0 Å². The van der Waals surface area contributed by atoms with E-state index < -0.39 is 5.97 Å². The molecule has 1 N–H and O–H groups in total. The number of carboxylic acids is 1. The molecule has 1 aliphatic rings. The van der Waals surface area contributed by atoms with Gasteiger partial charge in [0.15, 0.2) is 0 Å². The number of carboxylic acid groups (broad SMARTS) is 1. The number of nitrogens with zero attached hydrogens (tertiary/aromatic N) is 4. The van der Waals surface area contributed by atoms with Gasteiger partial charge in [0.1, 0.15) is 22.1 Å². The fourth-order valence-corrected chi connectivity index (χ4v) is 3.72. The molecule has 0 saturated carbocycles. The van der Waals surface area contributed by atoms with Gasteiger partial charge in [0, 0.05) is 12.7 Å². The van der Waals surface area contributed by atoms with Crippen LogP contribution in [0.1, 0.15) is 21.9 Å². The molecule has 3 aromatic rings. The fourth-order valence-electron chi connectivity index (χ4n) is 2.69. The van der Waals surface area contributed by atoms with Crippen molar-refractivity contribution in [1.29, 1.82) is 0 Å². The van der Waals surface area contributed by atoms with Crippen molar-refractivity contribution in [3.8, 4) is 0 Å². The predicted octanol–water partition coefficient (Wildman–Crippen LogP) is 1.84. The lowest BCUT2D eigenvalue weighted by molar-refractivity contribution is -0.0590. The summed E-state index contributed by atoms with van der Waals surface area (Å²) < 4.78 is 8.67. The minimum atomic E-state index is -0.980. The van der Waals surface area contributed by atoms with Gasteiger partial charge in [-0.2, -0.15) is 5.10 Å². The number of fused-ring (bicyclic) bond motifs is 1. The van der Waals surface area contributed by atoms with Crippen LogP contribution in [0.5, 0.6) is 0 Å². The van der Waals surface area contributed by atoms with Gasteiger partial charge in [0.2, 0.25) is 0 Å². The Balaban J connectivity index is 1.75. The lowest BCUT2D eigenvalue weighted by Crippen LogP contribution is -2.32. The van der Waals surface area contributed by atoms with Crippen LogP contribution in [0.15, 0.2) is 23.1 Å². The molecule has 0 bridgehead atoms. The number of hydrogen-bond acceptors (Lipinski definition) is 6. The Hall–Kier alpha value is -2.23. The molecule has 3 aromatic heterocycles. The van der Waals surface area contributed by atoms with Crippen LogP contribution in [0.25, 0.3) is 10.3 Å². The van der Waals surface area contributed by atoms with Crippen molar-refractivity contribution in [2.75, 3.05) is 6.61 Å². The summed E-state index contributed by atoms with van der Waals surface area (Å²) >= 11 is 6.88. The van der Waals surface area contributed by atoms with Crippen LogP contribution in [0, 0.1) is 0 Å². The highest BCUT2D eigenvalue weighted by atomic mass is 35.5. The molecule has 0 radical (unpaired) electrons. The highest BCUT2D eigenvalue weighted by Crippen LogP contribution is 2.28. The number of rotatable bonds is 5. The second-order valence-corrected chi connectivity index (χ2v) is 7.16. The van der Waals surface area contributed by atoms with Crippen molar-refractivity contribution >= 4 is 39.3 Å². The maximum atomic E-state index is 12.0. The van der Waals surface area contributed by atoms with Gasteiger partial charge in [-0.1, -0.05) is 11.6 Å². The van der Waals surface area contributed by atoms with Gasteiger partial charge in [0.25, 0.3) is 5.56 Å². The Kier molecular flexibility index (Phi) is 4.06. The molecule has 1 fully saturated rings. The van der Waals surface area contributed by atoms with Crippen molar-refractivity contribution in [2.24, 2.45) is 0 Å². The predicted molar refractivity (Wildman–Crippen MR) is 91.5 cm³/mol. The quantitative estimate of drug-likeness (QED) is 0.725. The zero-order chi connectivity index (χ0) is 17.6. The molecular weight excluding hydrogens is 368 g/mol. The van der Waals surface area contributed by atoms with Crippen LogP contribution in [0.2, 0.25) is 5.02 Å². The lowest BCUT2D eigenvalue weighted by Gasteiger charge is -2.27. The summed E-state index contributed by atoms with van der Waals surface area (Å²) in [6.07, 6.45) is 2.41. The van der Waals surface area contributed by atoms with Gasteiger partial charge in [0.05, 0.1) is 29.4 Å². The summed E-state index contributed by atoms with van der Waals surface area (Å²) in [5.74, 6) is -0.350. The van der Waals surface area contributed by atoms with E-state index in [-0.39, 0.29) is 28.1 Å². The molecule has 10 heteroatoms. The molecule has 0 aromatic carbocycles. The summed E-state index contributed by atoms with van der Waals surface area (Å²) in [4.78, 5) is 28.6. The van der Waals surface area contributed by atoms with E-state index in [0.717, 1.165) is 29.9 Å². The monoisotopic (exact) mass is 380 g/mol. The van der Waals surface area contributed by atoms with Crippen molar-refractivity contribution in [3.05, 3.63) is 44.4 Å². The van der Waals surface area contributed by atoms with E-state index in [1.807, 2.05) is 4.57 Å². The number of aromatic nitrogens is 4. The Morgan fingerprint density at radius 1 is 1.48 bits per heavy atom. The van der Waals surface area contributed by atoms with Gasteiger partial charge in [-0.25, -0.2) is 14.5 Å². The van der Waals surface area contributed by atoms with E-state index in [4.69, 9.17) is 16.3 Å². The second-order valence-electron chi connectivity index (χ2n) is 5.70. The van der Waals surface area contributed by atoms with Crippen LogP contribution >= 0.6 is 22.9 Å². The first-order chi connectivity index (χ1) is 12.0. The molecule has 25 heavy (non-hydrogen) atoms. The molecule has 0 spiro atoms. The maximum Gasteiger partial charge on any atom is 0.346 e. The van der Waals surface area contributed by atoms with Gasteiger partial charge in [-0.15, -0.1) is 11.3 Å². The van der Waals surface area contributed by atoms with Gasteiger partial charge in [-0.05, 0) is 12.5 Å². The first-order valence-corrected chi connectivity index (χ1v) is 8.77. The second kappa shape index (κ2) is 6.25. The van der Waals surface area contributed by atoms with Crippen LogP contribution in [-0.2, 0) is 17.8 Å². The molecule has 1 aliphatic heterocycles. The zero-order valence-corrected chi connectivity index (χ0v) is 14.5. The number of aromatic carboxylic acids is 1. The topological polar surface area (TPSA) is 99.2 Å². The number of hydrogen-bond donors (Lipinski definition) is 1. The third-order valence-corrected chi connectivity index (χ3v) is 5.26. The Morgan fingerprint density at radius 3 is 2.92 bits per heavy atom. The SMILES string of the molecule is O=C(O)c1cc2c(nc(Cn3ncc(Cl)cc3=O)n2CC2CCO2)s1. The average molecular weight is 381 g/mol. The molecule has 0 amide bonds. The molecule has 0 aliphatic carbocycles. The number of imidazole rings is 1. The molecule has 4 heterocycles. The largest absolute Gasteiger partial charge is 0.477 e. The van der Waals surface area contributed by atoms with Gasteiger partial charge in [-0.3, -0.25) is 4.79 Å². The lowest BCUT2D eigenvalue weighted by atomic mass is 10.2. The Labute approximate surface area is 150 Å². The van der Waals surface area contributed by atoms with E-state index in [9.17, 15) is 14.7 Å². The van der Waals surface area contributed by atoms with Crippen molar-refractivity contribution < 1.29 is 14.6 Å². The third kappa shape index (κ3) is 3.06. The summed E-state index contributed by atoms with van der Waals surface area (Å²) in [7, 11) is 0. The molecule has 4 rings (SSSR count). The summed E-state index contributed by atoms with van der Waals surface area (Å²) in [6.45, 7) is 1.45. The molecule has 1 saturated heterocycles. The van der Waals surface area contributed by atoms with E-state index >= 15 is 0 Å². The van der Waals surface area contributed by atoms with E-state index in [2.05, 4.69) is 10.1 Å². The summed E-state index contributed by atoms with van der Waals surface area (Å²) in [5, 5.41) is 13.5. The standard InChI is InChI=1S/C15H13ClN4O4S/c16-8-3-13(21)20(17-5-8)7-12-18-14-10(4-11(25-14)15(22)23)19(12)6-9-1-2-24-9/h3-5,9H,1-2,6-7H2,(H,22,23). The van der Waals surface area contributed by atoms with E-state index in [1.54, 1.807) is 6.07 Å². The number of ether oxygens (including phenoxy) is 1. The number of halogens is 1. The Morgan fingerprint density at radius 2 is 2.28 bits per heavy atom. The average Bonchev–Trinajstić information content (AvgIpc) is 3.04. The van der Waals surface area contributed by atoms with Gasteiger partial charge < -0.3 is 14.4 Å². The smallest absolute Gasteiger partial charge is 0.346 e. The fraction of sp³-hybridized carbons (Fsp3) is 0.333. The first-order valence-electron chi connectivity index (χ1n) is 7.58. The third-order valence-electron chi connectivity index (χ3n) is 4.04. The minimum Gasteiger partial charge on any atom is -0.477 e. The molecule has 1 unspecified atom stereocenters. The van der Waals surface area contributed by atoms with E-state index in [0.29, 0.717) is 17.2 Å². The summed E-state index contributed by atoms with van der Waals surface area (Å²) in [6, 6.07) is 2.90. The molecule has 1 atom stereocenters. The van der Waals surface area contributed by atoms with Crippen LogP contribution in [-0.4, -0.2) is 43.1 Å². The van der Waals surface area contributed by atoms with Crippen LogP contribution < -0.4 is 5.56 Å². The van der Waals surface area contributed by atoms with Crippen LogP contribution in [0.4, 0.5) is 0 Å². The van der Waals surface area contributed by atoms with Crippen molar-refractivity contribution in [3.63, 3.8) is 0 Å². The molecular formula is C15H13ClN4O4S. The first kappa shape index (κ1) is 16.2. The highest BCUT2D eigenvalue weighted by Gasteiger charge is 2.24. The highest BCUT2D eigenvalue weighted by molar-refractivity contribution is 7.20. The van der Waals surface area contributed by atoms with Crippen molar-refractivity contribution in [1.82, 2.24) is 19.3 Å². The number of carbonyl (C=O) groups is 1. The summed E-state index contributed by atoms with van der Waals surface area (Å²) in [5.41, 5.74) is 0.409. The van der Waals surface area contributed by atoms with Gasteiger partial charge >= 0.3 is 5.97 Å². The number of thiophene rings is 1. The minimum absolute atomic E-state index is 0.0687. The molecule has 130 valence electrons. The van der Waals surface area contributed by atoms with E-state index in [1.165, 1.54) is 16.9 Å². The maximum absolute atomic E-state index is 12.0. The zero-order valence-electron chi connectivity index (χ0n) is 12.9. The normalized spacial score (nSPS) is 16.9. The van der Waals surface area contributed by atoms with Crippen molar-refractivity contribution in [2.45, 2.75) is 25.6 Å². The Bertz CT molecular complexity index is 1020. The molecule has 8 nitrogen and oxygen atoms in total.